The third-order valence-electron chi connectivity index (χ3n) is 2.81. The molecule has 18 heavy (non-hydrogen) atoms. The fraction of sp³-hybridized carbons (Fsp3) is 0.143. The summed E-state index contributed by atoms with van der Waals surface area (Å²) in [6.07, 6.45) is 0. The van der Waals surface area contributed by atoms with Gasteiger partial charge in [-0.25, -0.2) is 9.97 Å². The molecule has 90 valence electrons. The van der Waals surface area contributed by atoms with Crippen LogP contribution in [0.2, 0.25) is 0 Å². The van der Waals surface area contributed by atoms with Gasteiger partial charge in [0.25, 0.3) is 0 Å². The van der Waals surface area contributed by atoms with Crippen molar-refractivity contribution in [1.29, 1.82) is 0 Å². The summed E-state index contributed by atoms with van der Waals surface area (Å²) >= 11 is 1.59. The van der Waals surface area contributed by atoms with Crippen molar-refractivity contribution in [3.8, 4) is 10.7 Å². The molecule has 0 aliphatic heterocycles. The summed E-state index contributed by atoms with van der Waals surface area (Å²) in [7, 11) is 0. The van der Waals surface area contributed by atoms with Gasteiger partial charge in [0.05, 0.1) is 16.9 Å². The van der Waals surface area contributed by atoms with Crippen LogP contribution < -0.4 is 5.73 Å². The SMILES string of the molecule is CC(N)c1csc(-c2ccc3ccccc3n2)n1. The maximum Gasteiger partial charge on any atom is 0.142 e. The summed E-state index contributed by atoms with van der Waals surface area (Å²) in [4.78, 5) is 9.14. The molecule has 3 aromatic rings. The fourth-order valence-corrected chi connectivity index (χ4v) is 2.69. The van der Waals surface area contributed by atoms with Crippen LogP contribution in [0.1, 0.15) is 18.7 Å². The minimum atomic E-state index is -0.0320. The lowest BCUT2D eigenvalue weighted by atomic mass is 10.2. The first-order valence-electron chi connectivity index (χ1n) is 5.81. The first kappa shape index (κ1) is 11.3. The monoisotopic (exact) mass is 255 g/mol. The Balaban J connectivity index is 2.07. The molecule has 0 fully saturated rings. The van der Waals surface area contributed by atoms with Crippen LogP contribution in [0.15, 0.2) is 41.8 Å². The average Bonchev–Trinajstić information content (AvgIpc) is 2.88. The molecule has 4 heteroatoms. The minimum absolute atomic E-state index is 0.0320. The number of fused-ring (bicyclic) bond motifs is 1. The summed E-state index contributed by atoms with van der Waals surface area (Å²) in [6.45, 7) is 1.94. The largest absolute Gasteiger partial charge is 0.323 e. The quantitative estimate of drug-likeness (QED) is 0.763. The molecule has 0 amide bonds. The third kappa shape index (κ3) is 2.00. The van der Waals surface area contributed by atoms with Crippen molar-refractivity contribution in [1.82, 2.24) is 9.97 Å². The van der Waals surface area contributed by atoms with Gasteiger partial charge in [0.15, 0.2) is 0 Å². The number of nitrogens with zero attached hydrogens (tertiary/aromatic N) is 2. The van der Waals surface area contributed by atoms with Crippen molar-refractivity contribution < 1.29 is 0 Å². The van der Waals surface area contributed by atoms with E-state index in [0.29, 0.717) is 0 Å². The molecule has 1 aromatic carbocycles. The number of hydrogen-bond donors (Lipinski definition) is 1. The van der Waals surface area contributed by atoms with E-state index < -0.39 is 0 Å². The van der Waals surface area contributed by atoms with E-state index in [9.17, 15) is 0 Å². The lowest BCUT2D eigenvalue weighted by Gasteiger charge is -2.00. The second-order valence-electron chi connectivity index (χ2n) is 4.26. The Bertz CT molecular complexity index is 688. The molecular weight excluding hydrogens is 242 g/mol. The zero-order valence-electron chi connectivity index (χ0n) is 10.00. The Labute approximate surface area is 109 Å². The van der Waals surface area contributed by atoms with Gasteiger partial charge in [0, 0.05) is 16.8 Å². The van der Waals surface area contributed by atoms with E-state index in [1.54, 1.807) is 11.3 Å². The highest BCUT2D eigenvalue weighted by atomic mass is 32.1. The molecule has 0 saturated heterocycles. The number of hydrogen-bond acceptors (Lipinski definition) is 4. The molecule has 0 bridgehead atoms. The fourth-order valence-electron chi connectivity index (χ4n) is 1.80. The Kier molecular flexibility index (Phi) is 2.81. The summed E-state index contributed by atoms with van der Waals surface area (Å²) in [5.41, 5.74) is 8.64. The molecule has 2 heterocycles. The number of nitrogens with two attached hydrogens (primary N) is 1. The lowest BCUT2D eigenvalue weighted by Crippen LogP contribution is -2.04. The van der Waals surface area contributed by atoms with E-state index >= 15 is 0 Å². The van der Waals surface area contributed by atoms with Crippen molar-refractivity contribution in [3.05, 3.63) is 47.5 Å². The van der Waals surface area contributed by atoms with Crippen LogP contribution in [-0.2, 0) is 0 Å². The highest BCUT2D eigenvalue weighted by molar-refractivity contribution is 7.13. The molecule has 2 N–H and O–H groups in total. The molecule has 0 aliphatic carbocycles. The molecule has 3 rings (SSSR count). The molecule has 3 nitrogen and oxygen atoms in total. The molecule has 0 radical (unpaired) electrons. The molecule has 1 unspecified atom stereocenters. The zero-order chi connectivity index (χ0) is 12.5. The van der Waals surface area contributed by atoms with Crippen molar-refractivity contribution in [2.45, 2.75) is 13.0 Å². The number of rotatable bonds is 2. The molecule has 1 atom stereocenters. The second kappa shape index (κ2) is 4.48. The van der Waals surface area contributed by atoms with Gasteiger partial charge in [0.2, 0.25) is 0 Å². The predicted octanol–water partition coefficient (Wildman–Crippen LogP) is 3.38. The van der Waals surface area contributed by atoms with E-state index in [2.05, 4.69) is 22.1 Å². The Morgan fingerprint density at radius 1 is 1.11 bits per heavy atom. The average molecular weight is 255 g/mol. The normalized spacial score (nSPS) is 12.8. The van der Waals surface area contributed by atoms with Crippen LogP contribution in [-0.4, -0.2) is 9.97 Å². The molecule has 0 spiro atoms. The first-order valence-corrected chi connectivity index (χ1v) is 6.69. The number of benzene rings is 1. The van der Waals surface area contributed by atoms with E-state index in [-0.39, 0.29) is 6.04 Å². The van der Waals surface area contributed by atoms with E-state index in [4.69, 9.17) is 5.73 Å². The van der Waals surface area contributed by atoms with Gasteiger partial charge in [-0.15, -0.1) is 11.3 Å². The number of pyridine rings is 1. The highest BCUT2D eigenvalue weighted by Crippen LogP contribution is 2.25. The Hall–Kier alpha value is -1.78. The van der Waals surface area contributed by atoms with Gasteiger partial charge in [-0.3, -0.25) is 0 Å². The molecule has 0 saturated carbocycles. The minimum Gasteiger partial charge on any atom is -0.323 e. The van der Waals surface area contributed by atoms with Crippen molar-refractivity contribution >= 4 is 22.2 Å². The van der Waals surface area contributed by atoms with Gasteiger partial charge in [-0.05, 0) is 19.1 Å². The summed E-state index contributed by atoms with van der Waals surface area (Å²) in [5.74, 6) is 0. The highest BCUT2D eigenvalue weighted by Gasteiger charge is 2.09. The van der Waals surface area contributed by atoms with Crippen molar-refractivity contribution in [2.24, 2.45) is 5.73 Å². The van der Waals surface area contributed by atoms with Gasteiger partial charge in [0.1, 0.15) is 5.01 Å². The Morgan fingerprint density at radius 2 is 1.94 bits per heavy atom. The number of para-hydroxylation sites is 1. The van der Waals surface area contributed by atoms with Crippen LogP contribution in [0.4, 0.5) is 0 Å². The van der Waals surface area contributed by atoms with E-state index in [1.807, 2.05) is 36.6 Å². The second-order valence-corrected chi connectivity index (χ2v) is 5.11. The standard InChI is InChI=1S/C14H13N3S/c1-9(15)13-8-18-14(17-13)12-7-6-10-4-2-3-5-11(10)16-12/h2-9H,15H2,1H3. The maximum absolute atomic E-state index is 5.82. The van der Waals surface area contributed by atoms with E-state index in [0.717, 1.165) is 27.3 Å². The Morgan fingerprint density at radius 3 is 2.72 bits per heavy atom. The predicted molar refractivity (Wildman–Crippen MR) is 75.5 cm³/mol. The van der Waals surface area contributed by atoms with Gasteiger partial charge in [-0.1, -0.05) is 24.3 Å². The number of aromatic nitrogens is 2. The van der Waals surface area contributed by atoms with Crippen LogP contribution in [0, 0.1) is 0 Å². The lowest BCUT2D eigenvalue weighted by molar-refractivity contribution is 0.790. The van der Waals surface area contributed by atoms with Crippen LogP contribution in [0.5, 0.6) is 0 Å². The molecular formula is C14H13N3S. The smallest absolute Gasteiger partial charge is 0.142 e. The molecule has 2 aromatic heterocycles. The van der Waals surface area contributed by atoms with Gasteiger partial charge in [-0.2, -0.15) is 0 Å². The van der Waals surface area contributed by atoms with E-state index in [1.165, 1.54) is 0 Å². The summed E-state index contributed by atoms with van der Waals surface area (Å²) < 4.78 is 0. The maximum atomic E-state index is 5.82. The number of thiazole rings is 1. The molecule has 0 aliphatic rings. The van der Waals surface area contributed by atoms with Crippen LogP contribution >= 0.6 is 11.3 Å². The topological polar surface area (TPSA) is 51.8 Å². The summed E-state index contributed by atoms with van der Waals surface area (Å²) in [5, 5.41) is 4.06. The van der Waals surface area contributed by atoms with Gasteiger partial charge >= 0.3 is 0 Å². The third-order valence-corrected chi connectivity index (χ3v) is 3.69. The van der Waals surface area contributed by atoms with Crippen molar-refractivity contribution in [2.75, 3.05) is 0 Å². The van der Waals surface area contributed by atoms with Crippen LogP contribution in [0.3, 0.4) is 0 Å². The first-order chi connectivity index (χ1) is 8.74. The van der Waals surface area contributed by atoms with Crippen molar-refractivity contribution in [3.63, 3.8) is 0 Å². The van der Waals surface area contributed by atoms with Gasteiger partial charge < -0.3 is 5.73 Å². The zero-order valence-corrected chi connectivity index (χ0v) is 10.8. The summed E-state index contributed by atoms with van der Waals surface area (Å²) in [6, 6.07) is 12.1. The van der Waals surface area contributed by atoms with Crippen LogP contribution in [0.25, 0.3) is 21.6 Å².